The van der Waals surface area contributed by atoms with Crippen molar-refractivity contribution in [3.8, 4) is 0 Å². The van der Waals surface area contributed by atoms with E-state index in [9.17, 15) is 18.0 Å². The third kappa shape index (κ3) is 5.56. The summed E-state index contributed by atoms with van der Waals surface area (Å²) in [6, 6.07) is 12.8. The summed E-state index contributed by atoms with van der Waals surface area (Å²) < 4.78 is 31.9. The number of cyclic esters (lactones) is 1. The highest BCUT2D eigenvalue weighted by Gasteiger charge is 2.33. The first-order valence-corrected chi connectivity index (χ1v) is 10.9. The van der Waals surface area contributed by atoms with Crippen molar-refractivity contribution >= 4 is 45.2 Å². The minimum Gasteiger partial charge on any atom is -0.441 e. The Kier molecular flexibility index (Phi) is 6.40. The van der Waals surface area contributed by atoms with E-state index in [0.29, 0.717) is 21.8 Å². The largest absolute Gasteiger partial charge is 0.441 e. The summed E-state index contributed by atoms with van der Waals surface area (Å²) in [5.41, 5.74) is 7.23. The number of amidine groups is 1. The Labute approximate surface area is 178 Å². The van der Waals surface area contributed by atoms with Gasteiger partial charge in [-0.05, 0) is 42.5 Å². The Bertz CT molecular complexity index is 1100. The van der Waals surface area contributed by atoms with E-state index in [-0.39, 0.29) is 19.0 Å². The van der Waals surface area contributed by atoms with E-state index in [2.05, 4.69) is 9.18 Å². The summed E-state index contributed by atoms with van der Waals surface area (Å²) in [6.45, 7) is -0.130. The number of ether oxygens (including phenoxy) is 1. The third-order valence-corrected chi connectivity index (χ3v) is 4.91. The van der Waals surface area contributed by atoms with Crippen molar-refractivity contribution in [3.63, 3.8) is 0 Å². The summed E-state index contributed by atoms with van der Waals surface area (Å²) in [5.74, 6) is -0.522. The van der Waals surface area contributed by atoms with Gasteiger partial charge in [-0.25, -0.2) is 4.79 Å². The molecule has 0 bridgehead atoms. The van der Waals surface area contributed by atoms with Crippen LogP contribution >= 0.6 is 11.6 Å². The molecule has 1 fully saturated rings. The van der Waals surface area contributed by atoms with E-state index in [4.69, 9.17) is 22.1 Å². The number of nitrogens with two attached hydrogens (primary N) is 1. The fourth-order valence-electron chi connectivity index (χ4n) is 2.69. The van der Waals surface area contributed by atoms with E-state index in [1.165, 1.54) is 11.0 Å². The molecule has 2 aromatic rings. The first-order valence-electron chi connectivity index (χ1n) is 8.69. The fraction of sp³-hybridized carbons (Fsp3) is 0.211. The van der Waals surface area contributed by atoms with Gasteiger partial charge in [0, 0.05) is 21.8 Å². The van der Waals surface area contributed by atoms with Gasteiger partial charge in [-0.1, -0.05) is 17.7 Å². The van der Waals surface area contributed by atoms with E-state index < -0.39 is 28.2 Å². The highest BCUT2D eigenvalue weighted by molar-refractivity contribution is 7.85. The van der Waals surface area contributed by atoms with Gasteiger partial charge in [0.1, 0.15) is 18.5 Å². The first-order chi connectivity index (χ1) is 14.1. The molecule has 158 valence electrons. The lowest BCUT2D eigenvalue weighted by molar-refractivity contribution is 0.100. The Balaban J connectivity index is 1.68. The van der Waals surface area contributed by atoms with Crippen LogP contribution in [-0.4, -0.2) is 51.8 Å². The van der Waals surface area contributed by atoms with Crippen molar-refractivity contribution in [2.45, 2.75) is 6.10 Å². The lowest BCUT2D eigenvalue weighted by Gasteiger charge is -2.13. The first kappa shape index (κ1) is 21.8. The zero-order valence-electron chi connectivity index (χ0n) is 15.8. The predicted octanol–water partition coefficient (Wildman–Crippen LogP) is 2.19. The summed E-state index contributed by atoms with van der Waals surface area (Å²) in [4.78, 5) is 29.5. The molecule has 3 rings (SSSR count). The SMILES string of the molecule is CS(=O)(=O)OCC1CN(c2ccc(C(N)=NC(=O)c3cccc(Cl)c3)cc2)C(=O)O1. The highest BCUT2D eigenvalue weighted by atomic mass is 35.5. The zero-order valence-corrected chi connectivity index (χ0v) is 17.4. The van der Waals surface area contributed by atoms with Crippen LogP contribution in [0.15, 0.2) is 53.5 Å². The van der Waals surface area contributed by atoms with Crippen molar-refractivity contribution in [2.75, 3.05) is 24.3 Å². The molecule has 9 nitrogen and oxygen atoms in total. The average Bonchev–Trinajstić information content (AvgIpc) is 3.06. The third-order valence-electron chi connectivity index (χ3n) is 4.11. The van der Waals surface area contributed by atoms with Crippen LogP contribution in [0.4, 0.5) is 10.5 Å². The molecule has 0 aliphatic carbocycles. The highest BCUT2D eigenvalue weighted by Crippen LogP contribution is 2.22. The number of hydrogen-bond donors (Lipinski definition) is 1. The van der Waals surface area contributed by atoms with Gasteiger partial charge in [-0.2, -0.15) is 13.4 Å². The summed E-state index contributed by atoms with van der Waals surface area (Å²) in [7, 11) is -3.63. The van der Waals surface area contributed by atoms with Crippen LogP contribution in [0.25, 0.3) is 0 Å². The van der Waals surface area contributed by atoms with Gasteiger partial charge in [0.05, 0.1) is 12.8 Å². The van der Waals surface area contributed by atoms with E-state index in [0.717, 1.165) is 6.26 Å². The quantitative estimate of drug-likeness (QED) is 0.405. The maximum absolute atomic E-state index is 12.2. The lowest BCUT2D eigenvalue weighted by Crippen LogP contribution is -2.26. The van der Waals surface area contributed by atoms with Crippen LogP contribution in [0.1, 0.15) is 15.9 Å². The molecular weight excluding hydrogens is 434 g/mol. The van der Waals surface area contributed by atoms with Crippen LogP contribution in [-0.2, 0) is 19.0 Å². The van der Waals surface area contributed by atoms with Crippen molar-refractivity contribution in [2.24, 2.45) is 10.7 Å². The molecule has 2 N–H and O–H groups in total. The molecule has 2 amide bonds. The van der Waals surface area contributed by atoms with Crippen molar-refractivity contribution in [1.29, 1.82) is 0 Å². The molecule has 1 unspecified atom stereocenters. The molecule has 30 heavy (non-hydrogen) atoms. The predicted molar refractivity (Wildman–Crippen MR) is 111 cm³/mol. The topological polar surface area (TPSA) is 128 Å². The molecule has 11 heteroatoms. The Morgan fingerprint density at radius 2 is 1.97 bits per heavy atom. The molecular formula is C19H18ClN3O6S. The Morgan fingerprint density at radius 1 is 1.27 bits per heavy atom. The van der Waals surface area contributed by atoms with Crippen LogP contribution in [0.5, 0.6) is 0 Å². The maximum atomic E-state index is 12.2. The van der Waals surface area contributed by atoms with Crippen LogP contribution in [0, 0.1) is 0 Å². The Morgan fingerprint density at radius 3 is 2.60 bits per heavy atom. The standard InChI is InChI=1S/C19H18ClN3O6S/c1-30(26,27)28-11-16-10-23(19(25)29-16)15-7-5-12(6-8-15)17(21)22-18(24)13-3-2-4-14(20)9-13/h2-9,16H,10-11H2,1H3,(H2,21,22,24). The van der Waals surface area contributed by atoms with Crippen LogP contribution in [0.3, 0.4) is 0 Å². The van der Waals surface area contributed by atoms with E-state index in [1.54, 1.807) is 42.5 Å². The summed E-state index contributed by atoms with van der Waals surface area (Å²) >= 11 is 5.87. The van der Waals surface area contributed by atoms with Gasteiger partial charge in [0.2, 0.25) is 0 Å². The van der Waals surface area contributed by atoms with Crippen LogP contribution in [0.2, 0.25) is 5.02 Å². The monoisotopic (exact) mass is 451 g/mol. The number of anilines is 1. The van der Waals surface area contributed by atoms with Crippen molar-refractivity contribution in [1.82, 2.24) is 0 Å². The van der Waals surface area contributed by atoms with Crippen molar-refractivity contribution in [3.05, 3.63) is 64.7 Å². The van der Waals surface area contributed by atoms with Gasteiger partial charge < -0.3 is 10.5 Å². The molecule has 0 aromatic heterocycles. The average molecular weight is 452 g/mol. The molecule has 0 saturated carbocycles. The number of hydrogen-bond acceptors (Lipinski definition) is 6. The Hall–Kier alpha value is -2.95. The van der Waals surface area contributed by atoms with Gasteiger partial charge in [0.15, 0.2) is 0 Å². The van der Waals surface area contributed by atoms with Gasteiger partial charge in [0.25, 0.3) is 16.0 Å². The molecule has 1 saturated heterocycles. The molecule has 0 spiro atoms. The number of aliphatic imine (C=N–C) groups is 1. The molecule has 1 aliphatic heterocycles. The van der Waals surface area contributed by atoms with E-state index in [1.807, 2.05) is 0 Å². The number of benzene rings is 2. The van der Waals surface area contributed by atoms with Gasteiger partial charge >= 0.3 is 6.09 Å². The van der Waals surface area contributed by atoms with Gasteiger partial charge in [-0.15, -0.1) is 0 Å². The number of amides is 2. The number of carbonyl (C=O) groups excluding carboxylic acids is 2. The summed E-state index contributed by atoms with van der Waals surface area (Å²) in [6.07, 6.45) is -0.417. The molecule has 1 atom stereocenters. The molecule has 1 aliphatic rings. The second-order valence-corrected chi connectivity index (χ2v) is 8.54. The zero-order chi connectivity index (χ0) is 21.9. The van der Waals surface area contributed by atoms with Crippen molar-refractivity contribution < 1.29 is 26.9 Å². The second-order valence-electron chi connectivity index (χ2n) is 6.46. The fourth-order valence-corrected chi connectivity index (χ4v) is 3.28. The number of rotatable bonds is 6. The number of halogens is 1. The van der Waals surface area contributed by atoms with Gasteiger partial charge in [-0.3, -0.25) is 13.9 Å². The maximum Gasteiger partial charge on any atom is 0.414 e. The summed E-state index contributed by atoms with van der Waals surface area (Å²) in [5, 5.41) is 0.414. The second kappa shape index (κ2) is 8.82. The van der Waals surface area contributed by atoms with E-state index >= 15 is 0 Å². The number of nitrogens with zero attached hydrogens (tertiary/aromatic N) is 2. The van der Waals surface area contributed by atoms with Crippen LogP contribution < -0.4 is 10.6 Å². The lowest BCUT2D eigenvalue weighted by atomic mass is 10.1. The smallest absolute Gasteiger partial charge is 0.414 e. The minimum atomic E-state index is -3.63. The minimum absolute atomic E-state index is 0.00922. The molecule has 0 radical (unpaired) electrons. The molecule has 1 heterocycles. The molecule has 2 aromatic carbocycles. The normalized spacial score (nSPS) is 17.1. The number of carbonyl (C=O) groups is 2.